The van der Waals surface area contributed by atoms with Gasteiger partial charge < -0.3 is 4.74 Å². The molecule has 0 radical (unpaired) electrons. The van der Waals surface area contributed by atoms with Gasteiger partial charge in [0.05, 0.1) is 5.56 Å². The second kappa shape index (κ2) is 9.00. The van der Waals surface area contributed by atoms with Crippen LogP contribution in [0, 0.1) is 23.5 Å². The number of allylic oxidation sites excluding steroid dienone is 1. The Kier molecular flexibility index (Phi) is 6.41. The number of hydrogen-bond acceptors (Lipinski definition) is 1. The van der Waals surface area contributed by atoms with Gasteiger partial charge >= 0.3 is 6.18 Å². The number of rotatable bonds is 5. The van der Waals surface area contributed by atoms with Gasteiger partial charge in [0.1, 0.15) is 5.82 Å². The lowest BCUT2D eigenvalue weighted by atomic mass is 10.0. The molecule has 0 heterocycles. The lowest BCUT2D eigenvalue weighted by Crippen LogP contribution is -2.19. The van der Waals surface area contributed by atoms with Crippen LogP contribution in [0.3, 0.4) is 0 Å². The summed E-state index contributed by atoms with van der Waals surface area (Å²) in [5.41, 5.74) is 1.40. The second-order valence-electron chi connectivity index (χ2n) is 6.61. The first-order valence-electron chi connectivity index (χ1n) is 9.10. The van der Waals surface area contributed by atoms with Gasteiger partial charge in [0.15, 0.2) is 18.2 Å². The first kappa shape index (κ1) is 21.4. The Morgan fingerprint density at radius 1 is 0.967 bits per heavy atom. The zero-order chi connectivity index (χ0) is 21.7. The lowest BCUT2D eigenvalue weighted by molar-refractivity contribution is -0.153. The molecule has 0 aliphatic heterocycles. The second-order valence-corrected chi connectivity index (χ2v) is 6.61. The molecule has 0 saturated heterocycles. The summed E-state index contributed by atoms with van der Waals surface area (Å²) in [6.07, 6.45) is -1.10. The molecule has 0 spiro atoms. The van der Waals surface area contributed by atoms with Crippen LogP contribution in [0.1, 0.15) is 23.1 Å². The summed E-state index contributed by atoms with van der Waals surface area (Å²) in [5.74, 6) is 3.29. The van der Waals surface area contributed by atoms with Crippen LogP contribution in [0.4, 0.5) is 22.0 Å². The summed E-state index contributed by atoms with van der Waals surface area (Å²) < 4.78 is 69.7. The molecule has 0 bridgehead atoms. The molecule has 1 nitrogen and oxygen atoms in total. The molecular weight excluding hydrogens is 399 g/mol. The normalized spacial score (nSPS) is 11.1. The molecule has 0 amide bonds. The number of aryl methyl sites for hydroxylation is 1. The minimum atomic E-state index is -4.56. The minimum absolute atomic E-state index is 0.138. The molecule has 0 aliphatic carbocycles. The SMILES string of the molecule is C=CCCc1ccc2c(F)c(C#Cc3ccc(OCC(F)(F)F)c(F)c3)ccc2c1. The van der Waals surface area contributed by atoms with Gasteiger partial charge in [-0.2, -0.15) is 13.2 Å². The quantitative estimate of drug-likeness (QED) is 0.259. The van der Waals surface area contributed by atoms with E-state index in [-0.39, 0.29) is 11.1 Å². The molecular formula is C24H17F5O. The van der Waals surface area contributed by atoms with Crippen molar-refractivity contribution in [3.8, 4) is 17.6 Å². The Morgan fingerprint density at radius 3 is 2.47 bits per heavy atom. The third-order valence-corrected chi connectivity index (χ3v) is 4.32. The third-order valence-electron chi connectivity index (χ3n) is 4.32. The number of fused-ring (bicyclic) bond motifs is 1. The smallest absolute Gasteiger partial charge is 0.422 e. The van der Waals surface area contributed by atoms with Gasteiger partial charge in [-0.3, -0.25) is 0 Å². The largest absolute Gasteiger partial charge is 0.481 e. The maximum Gasteiger partial charge on any atom is 0.422 e. The van der Waals surface area contributed by atoms with Crippen molar-refractivity contribution in [3.63, 3.8) is 0 Å². The van der Waals surface area contributed by atoms with Crippen LogP contribution in [0.15, 0.2) is 61.2 Å². The van der Waals surface area contributed by atoms with Crippen molar-refractivity contribution < 1.29 is 26.7 Å². The summed E-state index contributed by atoms with van der Waals surface area (Å²) in [6, 6.07) is 12.1. The summed E-state index contributed by atoms with van der Waals surface area (Å²) in [7, 11) is 0. The van der Waals surface area contributed by atoms with E-state index < -0.39 is 30.2 Å². The van der Waals surface area contributed by atoms with E-state index in [1.807, 2.05) is 18.2 Å². The molecule has 0 aliphatic rings. The topological polar surface area (TPSA) is 9.23 Å². The zero-order valence-electron chi connectivity index (χ0n) is 15.8. The monoisotopic (exact) mass is 416 g/mol. The maximum absolute atomic E-state index is 14.8. The van der Waals surface area contributed by atoms with Crippen molar-refractivity contribution in [2.24, 2.45) is 0 Å². The van der Waals surface area contributed by atoms with E-state index >= 15 is 0 Å². The highest BCUT2D eigenvalue weighted by Crippen LogP contribution is 2.24. The molecule has 3 rings (SSSR count). The predicted octanol–water partition coefficient (Wildman–Crippen LogP) is 6.58. The van der Waals surface area contributed by atoms with Crippen molar-refractivity contribution >= 4 is 10.8 Å². The summed E-state index contributed by atoms with van der Waals surface area (Å²) in [4.78, 5) is 0. The van der Waals surface area contributed by atoms with Crippen LogP contribution in [0.2, 0.25) is 0 Å². The first-order chi connectivity index (χ1) is 14.3. The Morgan fingerprint density at radius 2 is 1.77 bits per heavy atom. The summed E-state index contributed by atoms with van der Waals surface area (Å²) in [5, 5.41) is 1.17. The molecule has 3 aromatic rings. The van der Waals surface area contributed by atoms with E-state index in [0.717, 1.165) is 35.9 Å². The molecule has 0 atom stereocenters. The van der Waals surface area contributed by atoms with Gasteiger partial charge in [-0.1, -0.05) is 42.2 Å². The molecule has 0 saturated carbocycles. The average Bonchev–Trinajstić information content (AvgIpc) is 2.70. The Balaban J connectivity index is 1.82. The Labute approximate surface area is 170 Å². The minimum Gasteiger partial charge on any atom is -0.481 e. The molecule has 0 fully saturated rings. The van der Waals surface area contributed by atoms with Gasteiger partial charge in [0, 0.05) is 10.9 Å². The van der Waals surface area contributed by atoms with Crippen LogP contribution in [0.25, 0.3) is 10.8 Å². The van der Waals surface area contributed by atoms with E-state index in [1.54, 1.807) is 18.2 Å². The number of hydrogen-bond donors (Lipinski definition) is 0. The van der Waals surface area contributed by atoms with E-state index in [0.29, 0.717) is 5.39 Å². The maximum atomic E-state index is 14.8. The van der Waals surface area contributed by atoms with E-state index in [4.69, 9.17) is 0 Å². The van der Waals surface area contributed by atoms with Crippen molar-refractivity contribution in [2.45, 2.75) is 19.0 Å². The van der Waals surface area contributed by atoms with Gasteiger partial charge in [-0.25, -0.2) is 8.78 Å². The van der Waals surface area contributed by atoms with Crippen LogP contribution in [0.5, 0.6) is 5.75 Å². The highest BCUT2D eigenvalue weighted by Gasteiger charge is 2.28. The number of alkyl halides is 3. The third kappa shape index (κ3) is 5.38. The number of benzene rings is 3. The van der Waals surface area contributed by atoms with E-state index in [1.165, 1.54) is 6.07 Å². The fraction of sp³-hybridized carbons (Fsp3) is 0.167. The van der Waals surface area contributed by atoms with Crippen LogP contribution in [-0.2, 0) is 6.42 Å². The predicted molar refractivity (Wildman–Crippen MR) is 106 cm³/mol. The number of halogens is 5. The molecule has 154 valence electrons. The van der Waals surface area contributed by atoms with Gasteiger partial charge in [0.25, 0.3) is 0 Å². The van der Waals surface area contributed by atoms with Gasteiger partial charge in [0.2, 0.25) is 0 Å². The molecule has 0 aromatic heterocycles. The molecule has 30 heavy (non-hydrogen) atoms. The lowest BCUT2D eigenvalue weighted by Gasteiger charge is -2.09. The van der Waals surface area contributed by atoms with Gasteiger partial charge in [-0.05, 0) is 48.1 Å². The highest BCUT2D eigenvalue weighted by atomic mass is 19.4. The standard InChI is InChI=1S/C24H17F5O/c1-2-3-4-16-6-11-20-19(13-16)10-9-18(23(20)26)8-5-17-7-12-22(21(25)14-17)30-15-24(27,28)29/h2,6-7,9-14H,1,3-4,15H2. The molecule has 0 N–H and O–H groups in total. The summed E-state index contributed by atoms with van der Waals surface area (Å²) >= 11 is 0. The molecule has 0 unspecified atom stereocenters. The van der Waals surface area contributed by atoms with Crippen molar-refractivity contribution in [1.82, 2.24) is 0 Å². The van der Waals surface area contributed by atoms with Crippen LogP contribution in [-0.4, -0.2) is 12.8 Å². The molecule has 6 heteroatoms. The first-order valence-corrected chi connectivity index (χ1v) is 9.10. The fourth-order valence-electron chi connectivity index (χ4n) is 2.86. The van der Waals surface area contributed by atoms with Crippen molar-refractivity contribution in [3.05, 3.63) is 89.5 Å². The summed E-state index contributed by atoms with van der Waals surface area (Å²) in [6.45, 7) is 2.10. The van der Waals surface area contributed by atoms with Crippen molar-refractivity contribution in [1.29, 1.82) is 0 Å². The van der Waals surface area contributed by atoms with Crippen LogP contribution >= 0.6 is 0 Å². The Bertz CT molecular complexity index is 1140. The zero-order valence-corrected chi connectivity index (χ0v) is 15.8. The fourth-order valence-corrected chi connectivity index (χ4v) is 2.86. The number of ether oxygens (including phenoxy) is 1. The van der Waals surface area contributed by atoms with Gasteiger partial charge in [-0.15, -0.1) is 6.58 Å². The van der Waals surface area contributed by atoms with Crippen molar-refractivity contribution in [2.75, 3.05) is 6.61 Å². The highest BCUT2D eigenvalue weighted by molar-refractivity contribution is 5.85. The Hall–Kier alpha value is -3.33. The average molecular weight is 416 g/mol. The molecule has 3 aromatic carbocycles. The van der Waals surface area contributed by atoms with E-state index in [2.05, 4.69) is 23.2 Å². The van der Waals surface area contributed by atoms with Crippen LogP contribution < -0.4 is 4.74 Å². The van der Waals surface area contributed by atoms with E-state index in [9.17, 15) is 22.0 Å².